The van der Waals surface area contributed by atoms with Crippen LogP contribution in [-0.2, 0) is 9.59 Å². The van der Waals surface area contributed by atoms with Crippen LogP contribution in [0.4, 0.5) is 5.00 Å². The molecular weight excluding hydrogens is 394 g/mol. The first-order valence-corrected chi connectivity index (χ1v) is 10.7. The summed E-state index contributed by atoms with van der Waals surface area (Å²) >= 11 is 7.56. The zero-order chi connectivity index (χ0) is 19.7. The third kappa shape index (κ3) is 3.84. The lowest BCUT2D eigenvalue weighted by atomic mass is 10.0. The summed E-state index contributed by atoms with van der Waals surface area (Å²) in [7, 11) is 0. The summed E-state index contributed by atoms with van der Waals surface area (Å²) in [5.41, 5.74) is 2.60. The van der Waals surface area contributed by atoms with Gasteiger partial charge in [-0.2, -0.15) is 0 Å². The largest absolute Gasteiger partial charge is 0.341 e. The Hall–Kier alpha value is -2.18. The average Bonchev–Trinajstić information content (AvgIpc) is 3.03. The molecule has 2 aliphatic rings. The zero-order valence-electron chi connectivity index (χ0n) is 15.8. The van der Waals surface area contributed by atoms with Gasteiger partial charge in [0.1, 0.15) is 18.1 Å². The van der Waals surface area contributed by atoms with Crippen LogP contribution in [0.5, 0.6) is 0 Å². The maximum Gasteiger partial charge on any atom is 0.249 e. The highest BCUT2D eigenvalue weighted by atomic mass is 35.5. The maximum atomic E-state index is 12.9. The van der Waals surface area contributed by atoms with Gasteiger partial charge in [-0.05, 0) is 44.4 Å². The molecule has 3 heterocycles. The molecule has 1 fully saturated rings. The standard InChI is InChI=1S/C21H22ClN3O2S/c1-14-11-17-20(15-5-7-16(22)8-6-15)23-12-18(26)25(21(17)28-14)13-19(27)24-9-3-2-4-10-24/h5-8,11H,2-4,9-10,12-13H2,1H3. The number of anilines is 1. The van der Waals surface area contributed by atoms with Crippen molar-refractivity contribution in [1.29, 1.82) is 0 Å². The number of rotatable bonds is 3. The lowest BCUT2D eigenvalue weighted by Crippen LogP contribution is -2.45. The van der Waals surface area contributed by atoms with Crippen molar-refractivity contribution >= 4 is 45.5 Å². The van der Waals surface area contributed by atoms with Gasteiger partial charge in [-0.25, -0.2) is 0 Å². The van der Waals surface area contributed by atoms with E-state index in [0.717, 1.165) is 52.6 Å². The molecule has 28 heavy (non-hydrogen) atoms. The Bertz CT molecular complexity index is 930. The molecule has 146 valence electrons. The number of piperidine rings is 1. The number of amides is 2. The number of aryl methyl sites for hydroxylation is 1. The summed E-state index contributed by atoms with van der Waals surface area (Å²) in [6, 6.07) is 9.52. The van der Waals surface area contributed by atoms with Crippen molar-refractivity contribution in [2.45, 2.75) is 26.2 Å². The molecule has 0 unspecified atom stereocenters. The third-order valence-corrected chi connectivity index (χ3v) is 6.45. The van der Waals surface area contributed by atoms with Crippen molar-refractivity contribution in [2.24, 2.45) is 4.99 Å². The number of aliphatic imine (C=N–C) groups is 1. The maximum absolute atomic E-state index is 12.9. The summed E-state index contributed by atoms with van der Waals surface area (Å²) < 4.78 is 0. The highest BCUT2D eigenvalue weighted by Gasteiger charge is 2.30. The van der Waals surface area contributed by atoms with Crippen LogP contribution in [0, 0.1) is 6.92 Å². The number of carbonyl (C=O) groups is 2. The van der Waals surface area contributed by atoms with Gasteiger partial charge >= 0.3 is 0 Å². The van der Waals surface area contributed by atoms with Crippen LogP contribution in [0.2, 0.25) is 5.02 Å². The molecule has 5 nitrogen and oxygen atoms in total. The second kappa shape index (κ2) is 8.05. The molecule has 0 aliphatic carbocycles. The van der Waals surface area contributed by atoms with Gasteiger partial charge in [-0.1, -0.05) is 23.7 Å². The first-order chi connectivity index (χ1) is 13.5. The van der Waals surface area contributed by atoms with Crippen molar-refractivity contribution in [1.82, 2.24) is 4.90 Å². The molecule has 0 radical (unpaired) electrons. The van der Waals surface area contributed by atoms with E-state index in [2.05, 4.69) is 4.99 Å². The van der Waals surface area contributed by atoms with Gasteiger partial charge < -0.3 is 4.90 Å². The Kier molecular flexibility index (Phi) is 5.51. The summed E-state index contributed by atoms with van der Waals surface area (Å²) in [5, 5.41) is 1.46. The highest BCUT2D eigenvalue weighted by molar-refractivity contribution is 7.16. The van der Waals surface area contributed by atoms with E-state index in [9.17, 15) is 9.59 Å². The van der Waals surface area contributed by atoms with Crippen LogP contribution in [0.15, 0.2) is 35.3 Å². The fourth-order valence-corrected chi connectivity index (χ4v) is 4.85. The number of benzene rings is 1. The number of nitrogens with zero attached hydrogens (tertiary/aromatic N) is 3. The van der Waals surface area contributed by atoms with E-state index >= 15 is 0 Å². The van der Waals surface area contributed by atoms with Gasteiger partial charge in [0.25, 0.3) is 0 Å². The first-order valence-electron chi connectivity index (χ1n) is 9.52. The number of halogens is 1. The number of hydrogen-bond donors (Lipinski definition) is 0. The molecule has 0 spiro atoms. The molecule has 1 saturated heterocycles. The Morgan fingerprint density at radius 1 is 1.18 bits per heavy atom. The minimum absolute atomic E-state index is 0.0139. The fourth-order valence-electron chi connectivity index (χ4n) is 3.70. The van der Waals surface area contributed by atoms with Crippen LogP contribution < -0.4 is 4.90 Å². The molecule has 1 aromatic carbocycles. The van der Waals surface area contributed by atoms with Crippen LogP contribution in [0.1, 0.15) is 35.3 Å². The van der Waals surface area contributed by atoms with E-state index < -0.39 is 0 Å². The minimum Gasteiger partial charge on any atom is -0.341 e. The van der Waals surface area contributed by atoms with Crippen LogP contribution in [0.25, 0.3) is 0 Å². The number of fused-ring (bicyclic) bond motifs is 1. The quantitative estimate of drug-likeness (QED) is 0.763. The lowest BCUT2D eigenvalue weighted by molar-refractivity contribution is -0.132. The van der Waals surface area contributed by atoms with E-state index in [1.807, 2.05) is 42.2 Å². The Morgan fingerprint density at radius 3 is 2.61 bits per heavy atom. The van der Waals surface area contributed by atoms with E-state index in [1.165, 1.54) is 17.8 Å². The third-order valence-electron chi connectivity index (χ3n) is 5.13. The average molecular weight is 416 g/mol. The van der Waals surface area contributed by atoms with Crippen molar-refractivity contribution < 1.29 is 9.59 Å². The number of carbonyl (C=O) groups excluding carboxylic acids is 2. The Labute approximate surface area is 173 Å². The number of hydrogen-bond acceptors (Lipinski definition) is 4. The number of thiophene rings is 1. The molecule has 2 aromatic rings. The number of likely N-dealkylation sites (tertiary alicyclic amines) is 1. The summed E-state index contributed by atoms with van der Waals surface area (Å²) in [6.45, 7) is 3.68. The van der Waals surface area contributed by atoms with Crippen molar-refractivity contribution in [3.05, 3.63) is 51.4 Å². The van der Waals surface area contributed by atoms with Gasteiger partial charge in [0.2, 0.25) is 11.8 Å². The molecule has 1 aromatic heterocycles. The van der Waals surface area contributed by atoms with Crippen LogP contribution in [-0.4, -0.2) is 48.6 Å². The van der Waals surface area contributed by atoms with Crippen molar-refractivity contribution in [2.75, 3.05) is 31.1 Å². The highest BCUT2D eigenvalue weighted by Crippen LogP contribution is 2.35. The zero-order valence-corrected chi connectivity index (χ0v) is 17.4. The summed E-state index contributed by atoms with van der Waals surface area (Å²) in [5.74, 6) is -0.127. The van der Waals surface area contributed by atoms with Gasteiger partial charge in [-0.15, -0.1) is 11.3 Å². The molecule has 4 rings (SSSR count). The monoisotopic (exact) mass is 415 g/mol. The smallest absolute Gasteiger partial charge is 0.249 e. The predicted octanol–water partition coefficient (Wildman–Crippen LogP) is 3.91. The van der Waals surface area contributed by atoms with Gasteiger partial charge in [-0.3, -0.25) is 19.5 Å². The second-order valence-electron chi connectivity index (χ2n) is 7.17. The minimum atomic E-state index is -0.141. The van der Waals surface area contributed by atoms with E-state index in [-0.39, 0.29) is 24.9 Å². The first kappa shape index (κ1) is 19.2. The topological polar surface area (TPSA) is 53.0 Å². The van der Waals surface area contributed by atoms with E-state index in [4.69, 9.17) is 11.6 Å². The molecule has 7 heteroatoms. The summed E-state index contributed by atoms with van der Waals surface area (Å²) in [4.78, 5) is 34.9. The van der Waals surface area contributed by atoms with Gasteiger partial charge in [0, 0.05) is 34.1 Å². The summed E-state index contributed by atoms with van der Waals surface area (Å²) in [6.07, 6.45) is 3.23. The van der Waals surface area contributed by atoms with E-state index in [0.29, 0.717) is 5.02 Å². The Balaban J connectivity index is 1.67. The molecule has 0 saturated carbocycles. The predicted molar refractivity (Wildman–Crippen MR) is 114 cm³/mol. The Morgan fingerprint density at radius 2 is 1.89 bits per heavy atom. The molecule has 2 aliphatic heterocycles. The molecule has 0 N–H and O–H groups in total. The van der Waals surface area contributed by atoms with Gasteiger partial charge in [0.15, 0.2) is 0 Å². The van der Waals surface area contributed by atoms with Crippen molar-refractivity contribution in [3.63, 3.8) is 0 Å². The normalized spacial score (nSPS) is 17.2. The van der Waals surface area contributed by atoms with E-state index in [1.54, 1.807) is 4.90 Å². The lowest BCUT2D eigenvalue weighted by Gasteiger charge is -2.29. The van der Waals surface area contributed by atoms with Crippen LogP contribution in [0.3, 0.4) is 0 Å². The second-order valence-corrected chi connectivity index (χ2v) is 8.84. The molecule has 0 atom stereocenters. The van der Waals surface area contributed by atoms with Crippen LogP contribution >= 0.6 is 22.9 Å². The molecular formula is C21H22ClN3O2S. The molecule has 2 amide bonds. The van der Waals surface area contributed by atoms with Gasteiger partial charge in [0.05, 0.1) is 5.71 Å². The molecule has 0 bridgehead atoms. The van der Waals surface area contributed by atoms with Crippen molar-refractivity contribution in [3.8, 4) is 0 Å². The SMILES string of the molecule is Cc1cc2c(s1)N(CC(=O)N1CCCCC1)C(=O)CN=C2c1ccc(Cl)cc1. The fraction of sp³-hybridized carbons (Fsp3) is 0.381.